The van der Waals surface area contributed by atoms with Crippen LogP contribution in [0.15, 0.2) is 24.3 Å². The second-order valence-corrected chi connectivity index (χ2v) is 5.69. The fraction of sp³-hybridized carbons (Fsp3) is 0.400. The first kappa shape index (κ1) is 14.2. The minimum Gasteiger partial charge on any atom is -0.463 e. The van der Waals surface area contributed by atoms with Crippen LogP contribution in [0.3, 0.4) is 0 Å². The van der Waals surface area contributed by atoms with Crippen molar-refractivity contribution in [1.82, 2.24) is 4.90 Å². The van der Waals surface area contributed by atoms with Crippen LogP contribution in [0, 0.1) is 5.41 Å². The van der Waals surface area contributed by atoms with Crippen LogP contribution in [-0.2, 0) is 9.53 Å². The van der Waals surface area contributed by atoms with E-state index in [0.29, 0.717) is 11.1 Å². The highest BCUT2D eigenvalue weighted by atomic mass is 16.5. The lowest BCUT2D eigenvalue weighted by molar-refractivity contribution is -0.153. The number of carbonyl (C=O) groups is 3. The van der Waals surface area contributed by atoms with Crippen LogP contribution in [0.4, 0.5) is 0 Å². The normalized spacial score (nSPS) is 14.4. The zero-order valence-corrected chi connectivity index (χ0v) is 11.8. The molecule has 0 spiro atoms. The first-order chi connectivity index (χ1) is 9.32. The SMILES string of the molecule is CC(C)(C)C(=O)OCCN1C(=O)c2ccccc2C1=O. The minimum absolute atomic E-state index is 0.0154. The molecule has 0 unspecified atom stereocenters. The largest absolute Gasteiger partial charge is 0.463 e. The summed E-state index contributed by atoms with van der Waals surface area (Å²) in [5.74, 6) is -1.02. The van der Waals surface area contributed by atoms with Gasteiger partial charge in [-0.15, -0.1) is 0 Å². The monoisotopic (exact) mass is 275 g/mol. The van der Waals surface area contributed by atoms with Crippen LogP contribution in [-0.4, -0.2) is 35.8 Å². The number of rotatable bonds is 3. The van der Waals surface area contributed by atoms with E-state index in [1.807, 2.05) is 0 Å². The van der Waals surface area contributed by atoms with Crippen LogP contribution in [0.25, 0.3) is 0 Å². The highest BCUT2D eigenvalue weighted by Crippen LogP contribution is 2.22. The predicted molar refractivity (Wildman–Crippen MR) is 72.2 cm³/mol. The number of imide groups is 1. The smallest absolute Gasteiger partial charge is 0.311 e. The van der Waals surface area contributed by atoms with E-state index in [-0.39, 0.29) is 30.9 Å². The second kappa shape index (κ2) is 5.07. The summed E-state index contributed by atoms with van der Waals surface area (Å²) in [6, 6.07) is 6.67. The summed E-state index contributed by atoms with van der Waals surface area (Å²) in [6.45, 7) is 5.34. The Balaban J connectivity index is 1.98. The molecule has 1 aliphatic rings. The molecule has 0 N–H and O–H groups in total. The number of ether oxygens (including phenoxy) is 1. The van der Waals surface area contributed by atoms with E-state index >= 15 is 0 Å². The fourth-order valence-corrected chi connectivity index (χ4v) is 1.89. The van der Waals surface area contributed by atoms with Gasteiger partial charge in [0.15, 0.2) is 0 Å². The van der Waals surface area contributed by atoms with Gasteiger partial charge < -0.3 is 4.74 Å². The number of esters is 1. The van der Waals surface area contributed by atoms with Gasteiger partial charge in [-0.05, 0) is 32.9 Å². The third-order valence-corrected chi connectivity index (χ3v) is 3.04. The molecular weight excluding hydrogens is 258 g/mol. The number of benzene rings is 1. The van der Waals surface area contributed by atoms with E-state index in [1.54, 1.807) is 45.0 Å². The van der Waals surface area contributed by atoms with E-state index < -0.39 is 5.41 Å². The molecule has 0 atom stereocenters. The molecule has 0 aromatic heterocycles. The first-order valence-corrected chi connectivity index (χ1v) is 6.45. The van der Waals surface area contributed by atoms with Gasteiger partial charge in [0.2, 0.25) is 0 Å². The number of hydrogen-bond donors (Lipinski definition) is 0. The Kier molecular flexibility index (Phi) is 3.61. The van der Waals surface area contributed by atoms with Gasteiger partial charge in [0.25, 0.3) is 11.8 Å². The van der Waals surface area contributed by atoms with Crippen molar-refractivity contribution < 1.29 is 19.1 Å². The van der Waals surface area contributed by atoms with E-state index in [9.17, 15) is 14.4 Å². The van der Waals surface area contributed by atoms with E-state index in [4.69, 9.17) is 4.74 Å². The van der Waals surface area contributed by atoms with Crippen molar-refractivity contribution in [3.8, 4) is 0 Å². The van der Waals surface area contributed by atoms with Crippen molar-refractivity contribution in [1.29, 1.82) is 0 Å². The maximum Gasteiger partial charge on any atom is 0.311 e. The molecule has 5 heteroatoms. The summed E-state index contributed by atoms with van der Waals surface area (Å²) >= 11 is 0. The molecule has 20 heavy (non-hydrogen) atoms. The summed E-state index contributed by atoms with van der Waals surface area (Å²) in [4.78, 5) is 36.8. The number of hydrogen-bond acceptors (Lipinski definition) is 4. The Morgan fingerprint density at radius 2 is 1.60 bits per heavy atom. The summed E-state index contributed by atoms with van der Waals surface area (Å²) in [5, 5.41) is 0. The summed E-state index contributed by atoms with van der Waals surface area (Å²) in [7, 11) is 0. The number of fused-ring (bicyclic) bond motifs is 1. The van der Waals surface area contributed by atoms with E-state index in [2.05, 4.69) is 0 Å². The fourth-order valence-electron chi connectivity index (χ4n) is 1.89. The molecule has 0 bridgehead atoms. The van der Waals surface area contributed by atoms with Crippen molar-refractivity contribution in [3.63, 3.8) is 0 Å². The van der Waals surface area contributed by atoms with Crippen molar-refractivity contribution >= 4 is 17.8 Å². The van der Waals surface area contributed by atoms with Gasteiger partial charge in [-0.25, -0.2) is 0 Å². The van der Waals surface area contributed by atoms with Crippen molar-refractivity contribution in [2.75, 3.05) is 13.2 Å². The van der Waals surface area contributed by atoms with Crippen LogP contribution in [0.1, 0.15) is 41.5 Å². The molecule has 0 saturated heterocycles. The highest BCUT2D eigenvalue weighted by Gasteiger charge is 2.35. The van der Waals surface area contributed by atoms with Gasteiger partial charge in [0.05, 0.1) is 23.1 Å². The Hall–Kier alpha value is -2.17. The van der Waals surface area contributed by atoms with Gasteiger partial charge in [-0.1, -0.05) is 12.1 Å². The van der Waals surface area contributed by atoms with Crippen LogP contribution >= 0.6 is 0 Å². The topological polar surface area (TPSA) is 63.7 Å². The van der Waals surface area contributed by atoms with E-state index in [0.717, 1.165) is 4.90 Å². The Morgan fingerprint density at radius 3 is 2.05 bits per heavy atom. The number of nitrogens with zero attached hydrogens (tertiary/aromatic N) is 1. The molecule has 1 aliphatic heterocycles. The predicted octanol–water partition coefficient (Wildman–Crippen LogP) is 1.87. The Morgan fingerprint density at radius 1 is 1.10 bits per heavy atom. The quantitative estimate of drug-likeness (QED) is 0.624. The molecule has 1 heterocycles. The number of amides is 2. The zero-order valence-electron chi connectivity index (χ0n) is 11.8. The zero-order chi connectivity index (χ0) is 14.9. The third kappa shape index (κ3) is 2.57. The molecule has 0 saturated carbocycles. The average molecular weight is 275 g/mol. The maximum absolute atomic E-state index is 12.0. The van der Waals surface area contributed by atoms with Gasteiger partial charge in [0.1, 0.15) is 6.61 Å². The Bertz CT molecular complexity index is 536. The Labute approximate surface area is 117 Å². The van der Waals surface area contributed by atoms with E-state index in [1.165, 1.54) is 0 Å². The van der Waals surface area contributed by atoms with Gasteiger partial charge >= 0.3 is 5.97 Å². The molecule has 106 valence electrons. The van der Waals surface area contributed by atoms with Gasteiger partial charge in [-0.2, -0.15) is 0 Å². The minimum atomic E-state index is -0.595. The lowest BCUT2D eigenvalue weighted by atomic mass is 9.97. The van der Waals surface area contributed by atoms with Crippen LogP contribution < -0.4 is 0 Å². The first-order valence-electron chi connectivity index (χ1n) is 6.45. The average Bonchev–Trinajstić information content (AvgIpc) is 2.63. The summed E-state index contributed by atoms with van der Waals surface area (Å²) in [6.07, 6.45) is 0. The lowest BCUT2D eigenvalue weighted by Crippen LogP contribution is -2.34. The van der Waals surface area contributed by atoms with Crippen LogP contribution in [0.5, 0.6) is 0 Å². The van der Waals surface area contributed by atoms with Crippen LogP contribution in [0.2, 0.25) is 0 Å². The van der Waals surface area contributed by atoms with Crippen molar-refractivity contribution in [3.05, 3.63) is 35.4 Å². The molecule has 2 amide bonds. The second-order valence-electron chi connectivity index (χ2n) is 5.69. The molecule has 2 rings (SSSR count). The molecule has 5 nitrogen and oxygen atoms in total. The third-order valence-electron chi connectivity index (χ3n) is 3.04. The molecule has 0 radical (unpaired) electrons. The van der Waals surface area contributed by atoms with Gasteiger partial charge in [-0.3, -0.25) is 19.3 Å². The summed E-state index contributed by atoms with van der Waals surface area (Å²) in [5.41, 5.74) is 0.210. The molecule has 0 fully saturated rings. The lowest BCUT2D eigenvalue weighted by Gasteiger charge is -2.18. The van der Waals surface area contributed by atoms with Gasteiger partial charge in [0, 0.05) is 0 Å². The number of carbonyl (C=O) groups excluding carboxylic acids is 3. The van der Waals surface area contributed by atoms with Crippen molar-refractivity contribution in [2.24, 2.45) is 5.41 Å². The molecule has 1 aromatic carbocycles. The maximum atomic E-state index is 12.0. The highest BCUT2D eigenvalue weighted by molar-refractivity contribution is 6.21. The standard InChI is InChI=1S/C15H17NO4/c1-15(2,3)14(19)20-9-8-16-12(17)10-6-4-5-7-11(10)13(16)18/h4-7H,8-9H2,1-3H3. The molecule has 1 aromatic rings. The molecule has 0 aliphatic carbocycles. The summed E-state index contributed by atoms with van der Waals surface area (Å²) < 4.78 is 5.08. The van der Waals surface area contributed by atoms with Crippen molar-refractivity contribution in [2.45, 2.75) is 20.8 Å². The molecular formula is C15H17NO4.